The molecular formula is C13H19BrN2O2. The lowest BCUT2D eigenvalue weighted by Gasteiger charge is -2.24. The van der Waals surface area contributed by atoms with E-state index in [0.29, 0.717) is 16.7 Å². The molecule has 0 aliphatic carbocycles. The van der Waals surface area contributed by atoms with Gasteiger partial charge in [-0.1, -0.05) is 13.8 Å². The maximum Gasteiger partial charge on any atom is 0.252 e. The van der Waals surface area contributed by atoms with Crippen molar-refractivity contribution >= 4 is 21.8 Å². The average Bonchev–Trinajstić information content (AvgIpc) is 2.35. The van der Waals surface area contributed by atoms with E-state index in [2.05, 4.69) is 40.1 Å². The van der Waals surface area contributed by atoms with Gasteiger partial charge in [-0.25, -0.2) is 4.98 Å². The molecule has 0 aliphatic rings. The number of aromatic nitrogens is 1. The van der Waals surface area contributed by atoms with Gasteiger partial charge in [0.05, 0.1) is 5.56 Å². The lowest BCUT2D eigenvalue weighted by molar-refractivity contribution is 0.0932. The van der Waals surface area contributed by atoms with Crippen LogP contribution in [0.5, 0.6) is 0 Å². The van der Waals surface area contributed by atoms with Gasteiger partial charge in [-0.15, -0.1) is 0 Å². The smallest absolute Gasteiger partial charge is 0.252 e. The zero-order valence-electron chi connectivity index (χ0n) is 10.7. The van der Waals surface area contributed by atoms with E-state index in [1.165, 1.54) is 0 Å². The minimum absolute atomic E-state index is 0.0127. The summed E-state index contributed by atoms with van der Waals surface area (Å²) in [4.78, 5) is 15.9. The third-order valence-corrected chi connectivity index (χ3v) is 3.20. The summed E-state index contributed by atoms with van der Waals surface area (Å²) in [6, 6.07) is 3.47. The zero-order valence-corrected chi connectivity index (χ0v) is 12.3. The van der Waals surface area contributed by atoms with E-state index in [0.717, 1.165) is 12.8 Å². The number of nitrogens with one attached hydrogen (secondary N) is 1. The Morgan fingerprint density at radius 3 is 2.78 bits per heavy atom. The predicted octanol–water partition coefficient (Wildman–Crippen LogP) is 2.37. The number of carbonyl (C=O) groups excluding carboxylic acids is 1. The molecule has 100 valence electrons. The van der Waals surface area contributed by atoms with Crippen LogP contribution in [-0.4, -0.2) is 29.1 Å². The summed E-state index contributed by atoms with van der Waals surface area (Å²) < 4.78 is 0.710. The van der Waals surface area contributed by atoms with Gasteiger partial charge >= 0.3 is 0 Å². The summed E-state index contributed by atoms with van der Waals surface area (Å²) >= 11 is 3.23. The van der Waals surface area contributed by atoms with Crippen LogP contribution in [0.2, 0.25) is 0 Å². The molecule has 2 N–H and O–H groups in total. The summed E-state index contributed by atoms with van der Waals surface area (Å²) in [5.74, 6) is -0.118. The number of hydrogen-bond donors (Lipinski definition) is 2. The Hall–Kier alpha value is -0.940. The molecule has 0 aliphatic heterocycles. The fourth-order valence-electron chi connectivity index (χ4n) is 1.58. The lowest BCUT2D eigenvalue weighted by Crippen LogP contribution is -2.34. The van der Waals surface area contributed by atoms with Crippen LogP contribution >= 0.6 is 15.9 Å². The Balaban J connectivity index is 2.48. The first-order valence-corrected chi connectivity index (χ1v) is 6.74. The highest BCUT2D eigenvalue weighted by atomic mass is 79.9. The van der Waals surface area contributed by atoms with E-state index < -0.39 is 0 Å². The van der Waals surface area contributed by atoms with Crippen LogP contribution < -0.4 is 5.32 Å². The molecule has 0 saturated heterocycles. The van der Waals surface area contributed by atoms with Crippen LogP contribution in [0.4, 0.5) is 0 Å². The van der Waals surface area contributed by atoms with Crippen molar-refractivity contribution in [2.24, 2.45) is 5.41 Å². The summed E-state index contributed by atoms with van der Waals surface area (Å²) in [7, 11) is 0. The third kappa shape index (κ3) is 5.14. The second-order valence-electron chi connectivity index (χ2n) is 5.04. The van der Waals surface area contributed by atoms with Crippen molar-refractivity contribution in [3.05, 3.63) is 28.5 Å². The maximum atomic E-state index is 11.9. The first kappa shape index (κ1) is 15.1. The highest BCUT2D eigenvalue weighted by molar-refractivity contribution is 9.10. The van der Waals surface area contributed by atoms with E-state index in [9.17, 15) is 4.79 Å². The van der Waals surface area contributed by atoms with Gasteiger partial charge in [-0.2, -0.15) is 0 Å². The highest BCUT2D eigenvalue weighted by Crippen LogP contribution is 2.20. The van der Waals surface area contributed by atoms with Crippen molar-refractivity contribution in [2.75, 3.05) is 13.2 Å². The number of halogens is 1. The van der Waals surface area contributed by atoms with Crippen LogP contribution in [0.15, 0.2) is 22.9 Å². The molecular weight excluding hydrogens is 296 g/mol. The normalized spacial score (nSPS) is 11.3. The first-order chi connectivity index (χ1) is 8.44. The van der Waals surface area contributed by atoms with Crippen molar-refractivity contribution in [2.45, 2.75) is 26.7 Å². The SMILES string of the molecule is CC(C)(CCCO)CNC(=O)c1ccc(Br)nc1. The molecule has 0 spiro atoms. The molecule has 5 heteroatoms. The Bertz CT molecular complexity index is 390. The van der Waals surface area contributed by atoms with Crippen LogP contribution in [0, 0.1) is 5.41 Å². The Labute approximate surface area is 116 Å². The quantitative estimate of drug-likeness (QED) is 0.792. The van der Waals surface area contributed by atoms with Crippen LogP contribution in [0.3, 0.4) is 0 Å². The van der Waals surface area contributed by atoms with Crippen molar-refractivity contribution in [3.63, 3.8) is 0 Å². The molecule has 0 saturated carbocycles. The van der Waals surface area contributed by atoms with Gasteiger partial charge in [-0.05, 0) is 46.3 Å². The minimum Gasteiger partial charge on any atom is -0.396 e. The lowest BCUT2D eigenvalue weighted by atomic mass is 9.88. The number of hydrogen-bond acceptors (Lipinski definition) is 3. The molecule has 0 radical (unpaired) electrons. The monoisotopic (exact) mass is 314 g/mol. The molecule has 0 aromatic carbocycles. The number of amides is 1. The number of nitrogens with zero attached hydrogens (tertiary/aromatic N) is 1. The molecule has 18 heavy (non-hydrogen) atoms. The Morgan fingerprint density at radius 2 is 2.22 bits per heavy atom. The number of aliphatic hydroxyl groups is 1. The maximum absolute atomic E-state index is 11.9. The molecule has 1 aromatic heterocycles. The van der Waals surface area contributed by atoms with E-state index >= 15 is 0 Å². The summed E-state index contributed by atoms with van der Waals surface area (Å²) in [6.45, 7) is 4.92. The van der Waals surface area contributed by atoms with Gasteiger partial charge in [0.15, 0.2) is 0 Å². The van der Waals surface area contributed by atoms with Gasteiger partial charge in [0, 0.05) is 19.3 Å². The second kappa shape index (κ2) is 6.85. The Morgan fingerprint density at radius 1 is 1.50 bits per heavy atom. The number of pyridine rings is 1. The van der Waals surface area contributed by atoms with Crippen molar-refractivity contribution in [1.82, 2.24) is 10.3 Å². The molecule has 1 rings (SSSR count). The van der Waals surface area contributed by atoms with Crippen LogP contribution in [-0.2, 0) is 0 Å². The van der Waals surface area contributed by atoms with Gasteiger partial charge in [0.25, 0.3) is 5.91 Å². The zero-order chi connectivity index (χ0) is 13.6. The summed E-state index contributed by atoms with van der Waals surface area (Å²) in [5.41, 5.74) is 0.539. The second-order valence-corrected chi connectivity index (χ2v) is 5.86. The average molecular weight is 315 g/mol. The van der Waals surface area contributed by atoms with E-state index in [4.69, 9.17) is 5.11 Å². The largest absolute Gasteiger partial charge is 0.396 e. The summed E-state index contributed by atoms with van der Waals surface area (Å²) in [6.07, 6.45) is 3.17. The van der Waals surface area contributed by atoms with Gasteiger partial charge in [-0.3, -0.25) is 4.79 Å². The molecule has 4 nitrogen and oxygen atoms in total. The standard InChI is InChI=1S/C13H19BrN2O2/c1-13(2,6-3-7-17)9-16-12(18)10-4-5-11(14)15-8-10/h4-5,8,17H,3,6-7,9H2,1-2H3,(H,16,18). The molecule has 1 heterocycles. The van der Waals surface area contributed by atoms with Crippen LogP contribution in [0.1, 0.15) is 37.0 Å². The molecule has 0 unspecified atom stereocenters. The highest BCUT2D eigenvalue weighted by Gasteiger charge is 2.18. The molecule has 0 bridgehead atoms. The molecule has 1 aromatic rings. The Kier molecular flexibility index (Phi) is 5.75. The van der Waals surface area contributed by atoms with Gasteiger partial charge < -0.3 is 10.4 Å². The topological polar surface area (TPSA) is 62.2 Å². The predicted molar refractivity (Wildman–Crippen MR) is 74.4 cm³/mol. The fraction of sp³-hybridized carbons (Fsp3) is 0.538. The third-order valence-electron chi connectivity index (χ3n) is 2.73. The van der Waals surface area contributed by atoms with Crippen molar-refractivity contribution < 1.29 is 9.90 Å². The van der Waals surface area contributed by atoms with E-state index in [1.807, 2.05) is 0 Å². The van der Waals surface area contributed by atoms with E-state index in [-0.39, 0.29) is 17.9 Å². The van der Waals surface area contributed by atoms with Gasteiger partial charge in [0.2, 0.25) is 0 Å². The van der Waals surface area contributed by atoms with Crippen molar-refractivity contribution in [1.29, 1.82) is 0 Å². The van der Waals surface area contributed by atoms with Crippen molar-refractivity contribution in [3.8, 4) is 0 Å². The molecule has 1 amide bonds. The first-order valence-electron chi connectivity index (χ1n) is 5.95. The number of rotatable bonds is 6. The minimum atomic E-state index is -0.118. The molecule has 0 fully saturated rings. The fourth-order valence-corrected chi connectivity index (χ4v) is 1.81. The number of aliphatic hydroxyl groups excluding tert-OH is 1. The van der Waals surface area contributed by atoms with Crippen LogP contribution in [0.25, 0.3) is 0 Å². The number of carbonyl (C=O) groups is 1. The van der Waals surface area contributed by atoms with E-state index in [1.54, 1.807) is 18.3 Å². The summed E-state index contributed by atoms with van der Waals surface area (Å²) in [5, 5.41) is 11.7. The van der Waals surface area contributed by atoms with Gasteiger partial charge in [0.1, 0.15) is 4.60 Å². The molecule has 0 atom stereocenters.